The first-order chi connectivity index (χ1) is 11.5. The summed E-state index contributed by atoms with van der Waals surface area (Å²) < 4.78 is 79.2. The summed E-state index contributed by atoms with van der Waals surface area (Å²) in [4.78, 5) is 11.0. The van der Waals surface area contributed by atoms with Crippen molar-refractivity contribution in [3.8, 4) is 6.07 Å². The highest BCUT2D eigenvalue weighted by atomic mass is 32.2. The molecule has 10 heteroatoms. The molecule has 1 aromatic carbocycles. The van der Waals surface area contributed by atoms with Crippen LogP contribution in [-0.4, -0.2) is 30.5 Å². The summed E-state index contributed by atoms with van der Waals surface area (Å²) in [6, 6.07) is 5.13. The van der Waals surface area contributed by atoms with Crippen LogP contribution >= 0.6 is 11.8 Å². The number of benzene rings is 1. The third-order valence-electron chi connectivity index (χ3n) is 2.62. The van der Waals surface area contributed by atoms with E-state index >= 15 is 0 Å². The number of rotatable bonds is 6. The summed E-state index contributed by atoms with van der Waals surface area (Å²) in [6.45, 7) is 1.40. The Labute approximate surface area is 143 Å². The normalized spacial score (nSPS) is 12.6. The number of nitrogens with zero attached hydrogens (tertiary/aromatic N) is 1. The monoisotopic (exact) mass is 383 g/mol. The van der Waals surface area contributed by atoms with E-state index in [0.29, 0.717) is 11.8 Å². The number of halogens is 6. The Morgan fingerprint density at radius 2 is 1.92 bits per heavy atom. The predicted molar refractivity (Wildman–Crippen MR) is 78.6 cm³/mol. The Bertz CT molecular complexity index is 703. The van der Waals surface area contributed by atoms with Crippen LogP contribution < -0.4 is 0 Å². The Balaban J connectivity index is 3.26. The molecule has 0 aliphatic carbocycles. The van der Waals surface area contributed by atoms with Crippen molar-refractivity contribution in [2.75, 3.05) is 12.4 Å². The third-order valence-corrected chi connectivity index (χ3v) is 3.74. The molecule has 0 amide bonds. The first kappa shape index (κ1) is 20.9. The second-order valence-corrected chi connectivity index (χ2v) is 5.55. The molecule has 0 atom stereocenters. The van der Waals surface area contributed by atoms with Crippen molar-refractivity contribution in [2.45, 2.75) is 24.2 Å². The summed E-state index contributed by atoms with van der Waals surface area (Å²) in [7, 11) is 0. The molecule has 1 aromatic rings. The van der Waals surface area contributed by atoms with Crippen LogP contribution in [0.15, 0.2) is 29.2 Å². The molecule has 0 saturated carbocycles. The van der Waals surface area contributed by atoms with Gasteiger partial charge in [0.05, 0.1) is 17.9 Å². The number of ether oxygens (including phenoxy) is 1. The Hall–Kier alpha value is -2.15. The van der Waals surface area contributed by atoms with Crippen molar-refractivity contribution in [1.82, 2.24) is 0 Å². The van der Waals surface area contributed by atoms with Crippen LogP contribution in [0.1, 0.15) is 18.1 Å². The van der Waals surface area contributed by atoms with Gasteiger partial charge < -0.3 is 4.74 Å². The molecular weight excluding hydrogens is 372 g/mol. The van der Waals surface area contributed by atoms with Crippen molar-refractivity contribution < 1.29 is 35.9 Å². The largest absolute Gasteiger partial charge is 0.493 e. The SMILES string of the molecule is CCOC(=CC(=O)C(F)(F)F)c1ccc(C#N)c(SCC(F)(F)F)c1. The van der Waals surface area contributed by atoms with E-state index in [9.17, 15) is 31.1 Å². The van der Waals surface area contributed by atoms with Gasteiger partial charge in [0.15, 0.2) is 0 Å². The fourth-order valence-corrected chi connectivity index (χ4v) is 2.41. The maximum absolute atomic E-state index is 12.4. The summed E-state index contributed by atoms with van der Waals surface area (Å²) >= 11 is 0.315. The fourth-order valence-electron chi connectivity index (χ4n) is 1.61. The van der Waals surface area contributed by atoms with Gasteiger partial charge in [0.2, 0.25) is 0 Å². The number of carbonyl (C=O) groups excluding carboxylic acids is 1. The highest BCUT2D eigenvalue weighted by Crippen LogP contribution is 2.32. The second kappa shape index (κ2) is 8.29. The van der Waals surface area contributed by atoms with Gasteiger partial charge in [0.1, 0.15) is 11.8 Å². The van der Waals surface area contributed by atoms with Gasteiger partial charge in [-0.1, -0.05) is 0 Å². The topological polar surface area (TPSA) is 50.1 Å². The third kappa shape index (κ3) is 6.70. The lowest BCUT2D eigenvalue weighted by atomic mass is 10.1. The first-order valence-corrected chi connectivity index (χ1v) is 7.66. The van der Waals surface area contributed by atoms with Crippen LogP contribution in [0.25, 0.3) is 5.76 Å². The zero-order valence-electron chi connectivity index (χ0n) is 12.7. The van der Waals surface area contributed by atoms with Crippen molar-refractivity contribution in [3.05, 3.63) is 35.4 Å². The average Bonchev–Trinajstić information content (AvgIpc) is 2.50. The van der Waals surface area contributed by atoms with Crippen LogP contribution in [0, 0.1) is 11.3 Å². The second-order valence-electron chi connectivity index (χ2n) is 4.53. The van der Waals surface area contributed by atoms with Gasteiger partial charge >= 0.3 is 12.4 Å². The van der Waals surface area contributed by atoms with Crippen LogP contribution in [0.5, 0.6) is 0 Å². The van der Waals surface area contributed by atoms with Crippen LogP contribution in [-0.2, 0) is 9.53 Å². The van der Waals surface area contributed by atoms with Crippen LogP contribution in [0.4, 0.5) is 26.3 Å². The molecule has 0 saturated heterocycles. The lowest BCUT2D eigenvalue weighted by Crippen LogP contribution is -2.20. The minimum atomic E-state index is -5.11. The van der Waals surface area contributed by atoms with Gasteiger partial charge in [-0.25, -0.2) is 0 Å². The molecule has 0 aliphatic heterocycles. The van der Waals surface area contributed by atoms with Gasteiger partial charge in [-0.3, -0.25) is 4.79 Å². The van der Waals surface area contributed by atoms with E-state index in [-0.39, 0.29) is 28.7 Å². The number of nitriles is 1. The van der Waals surface area contributed by atoms with Crippen LogP contribution in [0.3, 0.4) is 0 Å². The van der Waals surface area contributed by atoms with E-state index in [0.717, 1.165) is 12.1 Å². The summed E-state index contributed by atoms with van der Waals surface area (Å²) in [5.74, 6) is -3.88. The average molecular weight is 383 g/mol. The van der Waals surface area contributed by atoms with E-state index in [1.165, 1.54) is 13.0 Å². The van der Waals surface area contributed by atoms with Crippen LogP contribution in [0.2, 0.25) is 0 Å². The molecule has 1 rings (SSSR count). The quantitative estimate of drug-likeness (QED) is 0.309. The lowest BCUT2D eigenvalue weighted by Gasteiger charge is -2.12. The van der Waals surface area contributed by atoms with Gasteiger partial charge in [-0.15, -0.1) is 11.8 Å². The smallest absolute Gasteiger partial charge is 0.454 e. The predicted octanol–water partition coefficient (Wildman–Crippen LogP) is 4.72. The molecule has 0 unspecified atom stereocenters. The molecule has 0 radical (unpaired) electrons. The molecule has 0 fully saturated rings. The Morgan fingerprint density at radius 1 is 1.28 bits per heavy atom. The number of ketones is 1. The molecule has 3 nitrogen and oxygen atoms in total. The first-order valence-electron chi connectivity index (χ1n) is 6.67. The fraction of sp³-hybridized carbons (Fsp3) is 0.333. The molecule has 0 spiro atoms. The van der Waals surface area contributed by atoms with E-state index in [1.54, 1.807) is 6.07 Å². The minimum absolute atomic E-state index is 0.0388. The van der Waals surface area contributed by atoms with Gasteiger partial charge in [-0.2, -0.15) is 31.6 Å². The van der Waals surface area contributed by atoms with Crippen molar-refractivity contribution in [2.24, 2.45) is 0 Å². The zero-order chi connectivity index (χ0) is 19.3. The van der Waals surface area contributed by atoms with E-state index in [1.807, 2.05) is 0 Å². The molecule has 0 aliphatic rings. The number of hydrogen-bond acceptors (Lipinski definition) is 4. The highest BCUT2D eigenvalue weighted by Gasteiger charge is 2.37. The zero-order valence-corrected chi connectivity index (χ0v) is 13.5. The molecule has 136 valence electrons. The van der Waals surface area contributed by atoms with E-state index < -0.39 is 29.6 Å². The molecule has 0 aromatic heterocycles. The van der Waals surface area contributed by atoms with Crippen molar-refractivity contribution >= 4 is 23.3 Å². The number of hydrogen-bond donors (Lipinski definition) is 0. The lowest BCUT2D eigenvalue weighted by molar-refractivity contribution is -0.165. The summed E-state index contributed by atoms with van der Waals surface area (Å²) in [5.41, 5.74) is -0.112. The minimum Gasteiger partial charge on any atom is -0.493 e. The summed E-state index contributed by atoms with van der Waals surface area (Å²) in [6.07, 6.45) is -9.37. The Kier molecular flexibility index (Phi) is 6.93. The Morgan fingerprint density at radius 3 is 2.40 bits per heavy atom. The van der Waals surface area contributed by atoms with E-state index in [2.05, 4.69) is 0 Å². The maximum atomic E-state index is 12.4. The standard InChI is InChI=1S/C15H11F6NO2S/c1-2-24-11(6-13(23)15(19,20)21)9-3-4-10(7-22)12(5-9)25-8-14(16,17)18/h3-6H,2,8H2,1H3. The number of carbonyl (C=O) groups is 1. The maximum Gasteiger partial charge on any atom is 0.454 e. The van der Waals surface area contributed by atoms with Gasteiger partial charge in [0, 0.05) is 16.5 Å². The molecule has 0 bridgehead atoms. The molecular formula is C15H11F6NO2S. The number of allylic oxidation sites excluding steroid dienone is 1. The van der Waals surface area contributed by atoms with Gasteiger partial charge in [0.25, 0.3) is 5.78 Å². The van der Waals surface area contributed by atoms with Crippen molar-refractivity contribution in [3.63, 3.8) is 0 Å². The van der Waals surface area contributed by atoms with Crippen molar-refractivity contribution in [1.29, 1.82) is 5.26 Å². The van der Waals surface area contributed by atoms with E-state index in [4.69, 9.17) is 10.00 Å². The number of thioether (sulfide) groups is 1. The molecule has 25 heavy (non-hydrogen) atoms. The molecule has 0 N–H and O–H groups in total. The highest BCUT2D eigenvalue weighted by molar-refractivity contribution is 7.99. The molecule has 0 heterocycles. The van der Waals surface area contributed by atoms with Gasteiger partial charge in [-0.05, 0) is 25.1 Å². The summed E-state index contributed by atoms with van der Waals surface area (Å²) in [5, 5.41) is 8.94. The number of alkyl halides is 6.